The lowest BCUT2D eigenvalue weighted by atomic mass is 10.1. The summed E-state index contributed by atoms with van der Waals surface area (Å²) in [5.41, 5.74) is 3.23. The van der Waals surface area contributed by atoms with E-state index >= 15 is 0 Å². The Morgan fingerprint density at radius 2 is 2.18 bits per heavy atom. The molecule has 1 aliphatic rings. The third kappa shape index (κ3) is 1.72. The largest absolute Gasteiger partial charge is 0.589 e. The van der Waals surface area contributed by atoms with Gasteiger partial charge in [0.25, 0.3) is 0 Å². The van der Waals surface area contributed by atoms with Crippen LogP contribution in [0, 0.1) is 0 Å². The average Bonchev–Trinajstić information content (AvgIpc) is 1.86. The highest BCUT2D eigenvalue weighted by Crippen LogP contribution is 2.32. The van der Waals surface area contributed by atoms with E-state index in [9.17, 15) is 13.2 Å². The molecule has 62 valence electrons. The van der Waals surface area contributed by atoms with Crippen LogP contribution in [0.4, 0.5) is 13.2 Å². The van der Waals surface area contributed by atoms with E-state index in [4.69, 9.17) is 0 Å². The molecule has 0 saturated heterocycles. The average molecular weight is 163 g/mol. The summed E-state index contributed by atoms with van der Waals surface area (Å²) in [4.78, 5) is 0. The minimum Gasteiger partial charge on any atom is -0.589 e. The molecule has 1 heterocycles. The van der Waals surface area contributed by atoms with E-state index in [0.717, 1.165) is 0 Å². The van der Waals surface area contributed by atoms with Crippen molar-refractivity contribution >= 4 is 6.21 Å². The Hall–Kier alpha value is -1.00. The van der Waals surface area contributed by atoms with Gasteiger partial charge in [0.2, 0.25) is 0 Å². The lowest BCUT2D eigenvalue weighted by molar-refractivity contribution is -0.133. The number of nitrogens with zero attached hydrogens (tertiary/aromatic N) is 2. The molecule has 0 N–H and O–H groups in total. The van der Waals surface area contributed by atoms with Gasteiger partial charge in [-0.15, -0.1) is 0 Å². The van der Waals surface area contributed by atoms with Gasteiger partial charge in [-0.3, -0.25) is 0 Å². The highest BCUT2D eigenvalue weighted by molar-refractivity contribution is 5.74. The lowest BCUT2D eigenvalue weighted by Crippen LogP contribution is -2.29. The van der Waals surface area contributed by atoms with E-state index in [-0.39, 0.29) is 5.57 Å². The van der Waals surface area contributed by atoms with Gasteiger partial charge >= 0.3 is 6.18 Å². The van der Waals surface area contributed by atoms with Crippen LogP contribution in [0.15, 0.2) is 16.8 Å². The van der Waals surface area contributed by atoms with Crippen LogP contribution in [-0.4, -0.2) is 18.4 Å². The van der Waals surface area contributed by atoms with Gasteiger partial charge in [-0.25, -0.2) is 0 Å². The van der Waals surface area contributed by atoms with Crippen LogP contribution in [0.2, 0.25) is 0 Å². The Kier molecular flexibility index (Phi) is 1.89. The van der Waals surface area contributed by atoms with Crippen LogP contribution in [0.25, 0.3) is 5.43 Å². The third-order valence-electron chi connectivity index (χ3n) is 1.33. The fourth-order valence-electron chi connectivity index (χ4n) is 0.762. The molecular weight excluding hydrogens is 157 g/mol. The van der Waals surface area contributed by atoms with Crippen molar-refractivity contribution in [2.45, 2.75) is 19.1 Å². The first-order valence-corrected chi connectivity index (χ1v) is 2.98. The van der Waals surface area contributed by atoms with Gasteiger partial charge in [0.05, 0.1) is 0 Å². The molecule has 0 radical (unpaired) electrons. The number of hydrogen-bond acceptors (Lipinski definition) is 1. The molecule has 0 aromatic rings. The topological polar surface area (TPSA) is 26.5 Å². The summed E-state index contributed by atoms with van der Waals surface area (Å²) in [5, 5.41) is 3.18. The molecule has 1 unspecified atom stereocenters. The van der Waals surface area contributed by atoms with E-state index in [0.29, 0.717) is 0 Å². The molecule has 11 heavy (non-hydrogen) atoms. The molecule has 0 spiro atoms. The summed E-state index contributed by atoms with van der Waals surface area (Å²) in [6, 6.07) is -1.74. The maximum atomic E-state index is 12.0. The first-order valence-electron chi connectivity index (χ1n) is 2.98. The minimum absolute atomic E-state index is 0.174. The molecule has 5 heteroatoms. The van der Waals surface area contributed by atoms with Crippen molar-refractivity contribution in [3.05, 3.63) is 17.1 Å². The summed E-state index contributed by atoms with van der Waals surface area (Å²) in [7, 11) is 0. The highest BCUT2D eigenvalue weighted by Gasteiger charge is 2.34. The smallest absolute Gasteiger partial charge is 0.380 e. The van der Waals surface area contributed by atoms with Crippen LogP contribution in [0.3, 0.4) is 0 Å². The number of hydrogen-bond donors (Lipinski definition) is 0. The third-order valence-corrected chi connectivity index (χ3v) is 1.33. The SMILES string of the molecule is CC1=CC=N[N-]C1C(F)(F)F. The maximum Gasteiger partial charge on any atom is 0.380 e. The van der Waals surface area contributed by atoms with E-state index in [1.54, 1.807) is 0 Å². The van der Waals surface area contributed by atoms with Gasteiger partial charge in [-0.2, -0.15) is 13.2 Å². The van der Waals surface area contributed by atoms with Crippen molar-refractivity contribution in [1.29, 1.82) is 0 Å². The Bertz CT molecular complexity index is 204. The molecular formula is C6H6F3N2-. The normalized spacial score (nSPS) is 24.4. The molecule has 2 nitrogen and oxygen atoms in total. The van der Waals surface area contributed by atoms with Crippen molar-refractivity contribution in [1.82, 2.24) is 0 Å². The quantitative estimate of drug-likeness (QED) is 0.523. The molecule has 0 saturated carbocycles. The zero-order chi connectivity index (χ0) is 8.48. The van der Waals surface area contributed by atoms with Crippen molar-refractivity contribution in [3.63, 3.8) is 0 Å². The fourth-order valence-corrected chi connectivity index (χ4v) is 0.762. The van der Waals surface area contributed by atoms with Crippen LogP contribution in [-0.2, 0) is 0 Å². The molecule has 0 aliphatic carbocycles. The first-order chi connectivity index (χ1) is 5.02. The van der Waals surface area contributed by atoms with Crippen molar-refractivity contribution in [3.8, 4) is 0 Å². The van der Waals surface area contributed by atoms with E-state index in [1.165, 1.54) is 19.2 Å². The second-order valence-corrected chi connectivity index (χ2v) is 2.23. The van der Waals surface area contributed by atoms with Crippen molar-refractivity contribution in [2.75, 3.05) is 0 Å². The zero-order valence-corrected chi connectivity index (χ0v) is 5.76. The molecule has 0 amide bonds. The molecule has 0 aromatic heterocycles. The second kappa shape index (κ2) is 2.56. The van der Waals surface area contributed by atoms with Gasteiger partial charge in [0, 0.05) is 12.3 Å². The standard InChI is InChI=1S/C6H6F3N2/c1-4-2-3-10-11-5(4)6(7,8)9/h2-3,5H,1H3/q-1. The predicted molar refractivity (Wildman–Crippen MR) is 35.5 cm³/mol. The van der Waals surface area contributed by atoms with Gasteiger partial charge in [-0.1, -0.05) is 5.57 Å². The number of alkyl halides is 3. The molecule has 1 aliphatic heterocycles. The maximum absolute atomic E-state index is 12.0. The van der Waals surface area contributed by atoms with Crippen LogP contribution in [0.5, 0.6) is 0 Å². The van der Waals surface area contributed by atoms with Gasteiger partial charge in [0.1, 0.15) is 0 Å². The highest BCUT2D eigenvalue weighted by atomic mass is 19.4. The molecule has 1 atom stereocenters. The minimum atomic E-state index is -4.31. The molecule has 1 rings (SSSR count). The van der Waals surface area contributed by atoms with E-state index < -0.39 is 12.2 Å². The summed E-state index contributed by atoms with van der Waals surface area (Å²) < 4.78 is 35.9. The second-order valence-electron chi connectivity index (χ2n) is 2.23. The van der Waals surface area contributed by atoms with Crippen molar-refractivity contribution < 1.29 is 13.2 Å². The van der Waals surface area contributed by atoms with Crippen LogP contribution in [0.1, 0.15) is 6.92 Å². The van der Waals surface area contributed by atoms with E-state index in [1.807, 2.05) is 0 Å². The lowest BCUT2D eigenvalue weighted by Gasteiger charge is -2.33. The van der Waals surface area contributed by atoms with E-state index in [2.05, 4.69) is 10.5 Å². The Morgan fingerprint density at radius 1 is 1.55 bits per heavy atom. The van der Waals surface area contributed by atoms with Crippen molar-refractivity contribution in [2.24, 2.45) is 5.10 Å². The molecule has 0 fully saturated rings. The van der Waals surface area contributed by atoms with Gasteiger partial charge in [0.15, 0.2) is 0 Å². The van der Waals surface area contributed by atoms with Crippen LogP contribution < -0.4 is 0 Å². The monoisotopic (exact) mass is 163 g/mol. The first kappa shape index (κ1) is 8.10. The summed E-state index contributed by atoms with van der Waals surface area (Å²) in [6.07, 6.45) is -1.75. The Balaban J connectivity index is 2.76. The number of allylic oxidation sites excluding steroid dienone is 1. The van der Waals surface area contributed by atoms with Crippen LogP contribution >= 0.6 is 0 Å². The fraction of sp³-hybridized carbons (Fsp3) is 0.500. The predicted octanol–water partition coefficient (Wildman–Crippen LogP) is 2.24. The number of halogens is 3. The summed E-state index contributed by atoms with van der Waals surface area (Å²) >= 11 is 0. The van der Waals surface area contributed by atoms with Gasteiger partial charge < -0.3 is 10.5 Å². The molecule has 0 aromatic carbocycles. The van der Waals surface area contributed by atoms with Gasteiger partial charge in [-0.05, 0) is 13.0 Å². The molecule has 0 bridgehead atoms. The summed E-state index contributed by atoms with van der Waals surface area (Å²) in [6.45, 7) is 1.38. The summed E-state index contributed by atoms with van der Waals surface area (Å²) in [5.74, 6) is 0. The Labute approximate surface area is 61.8 Å². The zero-order valence-electron chi connectivity index (χ0n) is 5.76. The number of rotatable bonds is 0. The Morgan fingerprint density at radius 3 is 2.55 bits per heavy atom.